The lowest BCUT2D eigenvalue weighted by Crippen LogP contribution is -2.35. The van der Waals surface area contributed by atoms with Gasteiger partial charge in [0.25, 0.3) is 0 Å². The highest BCUT2D eigenvalue weighted by atomic mass is 35.5. The molecule has 31 heavy (non-hydrogen) atoms. The van der Waals surface area contributed by atoms with Gasteiger partial charge in [0.05, 0.1) is 12.6 Å². The first kappa shape index (κ1) is 19.9. The number of methoxy groups -OCH3 is 1. The summed E-state index contributed by atoms with van der Waals surface area (Å²) in [5.74, 6) is 2.58. The first-order valence-corrected chi connectivity index (χ1v) is 10.9. The van der Waals surface area contributed by atoms with Gasteiger partial charge in [-0.3, -0.25) is 5.10 Å². The number of nitrogens with one attached hydrogen (secondary N) is 2. The van der Waals surface area contributed by atoms with Crippen molar-refractivity contribution in [3.05, 3.63) is 35.0 Å². The SMILES string of the molecule is COC(=O)N1CCCN(c2nc(Nc3cc(C4CC4)[nH]n3)c3cc(Cl)ccc3n2)CC1. The average Bonchev–Trinajstić information content (AvgIpc) is 3.57. The van der Waals surface area contributed by atoms with E-state index in [9.17, 15) is 4.79 Å². The van der Waals surface area contributed by atoms with Crippen LogP contribution in [0.4, 0.5) is 22.4 Å². The number of fused-ring (bicyclic) bond motifs is 1. The number of amides is 1. The molecule has 2 aromatic heterocycles. The Morgan fingerprint density at radius 3 is 2.87 bits per heavy atom. The van der Waals surface area contributed by atoms with Gasteiger partial charge in [-0.05, 0) is 37.5 Å². The molecular formula is C21H24ClN7O2. The standard InChI is InChI=1S/C21H24ClN7O2/c1-31-21(30)29-8-2-7-28(9-10-29)20-23-16-6-5-14(22)11-15(16)19(25-20)24-18-12-17(26-27-18)13-3-4-13/h5-6,11-13H,2-4,7-10H2,1H3,(H2,23,24,25,26,27). The largest absolute Gasteiger partial charge is 0.453 e. The molecule has 0 unspecified atom stereocenters. The van der Waals surface area contributed by atoms with Gasteiger partial charge in [-0.25, -0.2) is 9.78 Å². The van der Waals surface area contributed by atoms with Crippen LogP contribution in [0.15, 0.2) is 24.3 Å². The lowest BCUT2D eigenvalue weighted by molar-refractivity contribution is 0.126. The Labute approximate surface area is 184 Å². The van der Waals surface area contributed by atoms with Gasteiger partial charge in [-0.2, -0.15) is 10.1 Å². The molecule has 1 aliphatic heterocycles. The number of rotatable bonds is 4. The average molecular weight is 442 g/mol. The van der Waals surface area contributed by atoms with E-state index >= 15 is 0 Å². The normalized spacial score (nSPS) is 17.0. The number of carbonyl (C=O) groups is 1. The van der Waals surface area contributed by atoms with Crippen LogP contribution >= 0.6 is 11.6 Å². The van der Waals surface area contributed by atoms with E-state index in [-0.39, 0.29) is 6.09 Å². The summed E-state index contributed by atoms with van der Waals surface area (Å²) in [5.41, 5.74) is 1.94. The second kappa shape index (κ2) is 8.22. The lowest BCUT2D eigenvalue weighted by Gasteiger charge is -2.22. The molecule has 0 radical (unpaired) electrons. The summed E-state index contributed by atoms with van der Waals surface area (Å²) in [6, 6.07) is 7.62. The molecule has 0 bridgehead atoms. The number of ether oxygens (including phenoxy) is 1. The van der Waals surface area contributed by atoms with Crippen LogP contribution in [-0.4, -0.2) is 64.4 Å². The monoisotopic (exact) mass is 441 g/mol. The predicted molar refractivity (Wildman–Crippen MR) is 119 cm³/mol. The van der Waals surface area contributed by atoms with Crippen LogP contribution in [0.2, 0.25) is 5.02 Å². The zero-order valence-corrected chi connectivity index (χ0v) is 18.0. The zero-order chi connectivity index (χ0) is 21.4. The van der Waals surface area contributed by atoms with Crippen LogP contribution in [0, 0.1) is 0 Å². The summed E-state index contributed by atoms with van der Waals surface area (Å²) in [6.45, 7) is 2.58. The fourth-order valence-electron chi connectivity index (χ4n) is 3.88. The van der Waals surface area contributed by atoms with E-state index in [1.165, 1.54) is 20.0 Å². The quantitative estimate of drug-likeness (QED) is 0.633. The van der Waals surface area contributed by atoms with Crippen LogP contribution in [0.25, 0.3) is 10.9 Å². The smallest absolute Gasteiger partial charge is 0.409 e. The van der Waals surface area contributed by atoms with Gasteiger partial charge in [0.15, 0.2) is 5.82 Å². The predicted octanol–water partition coefficient (Wildman–Crippen LogP) is 3.91. The number of halogens is 1. The summed E-state index contributed by atoms with van der Waals surface area (Å²) < 4.78 is 4.87. The number of benzene rings is 1. The number of aromatic nitrogens is 4. The fourth-order valence-corrected chi connectivity index (χ4v) is 4.05. The van der Waals surface area contributed by atoms with Gasteiger partial charge in [0.1, 0.15) is 5.82 Å². The minimum absolute atomic E-state index is 0.303. The molecular weight excluding hydrogens is 418 g/mol. The number of carbonyl (C=O) groups excluding carboxylic acids is 1. The minimum atomic E-state index is -0.303. The second-order valence-corrected chi connectivity index (χ2v) is 8.38. The number of hydrogen-bond donors (Lipinski definition) is 2. The van der Waals surface area contributed by atoms with Crippen LogP contribution in [0.5, 0.6) is 0 Å². The number of hydrogen-bond acceptors (Lipinski definition) is 7. The Hall–Kier alpha value is -3.07. The summed E-state index contributed by atoms with van der Waals surface area (Å²) >= 11 is 6.25. The highest BCUT2D eigenvalue weighted by Crippen LogP contribution is 2.40. The Morgan fingerprint density at radius 2 is 2.06 bits per heavy atom. The van der Waals surface area contributed by atoms with Crippen LogP contribution in [0.3, 0.4) is 0 Å². The number of aromatic amines is 1. The molecule has 1 aliphatic carbocycles. The molecule has 1 aromatic carbocycles. The van der Waals surface area contributed by atoms with Crippen LogP contribution < -0.4 is 10.2 Å². The van der Waals surface area contributed by atoms with E-state index in [1.54, 1.807) is 4.90 Å². The molecule has 2 N–H and O–H groups in total. The highest BCUT2D eigenvalue weighted by Gasteiger charge is 2.26. The lowest BCUT2D eigenvalue weighted by atomic mass is 10.2. The second-order valence-electron chi connectivity index (χ2n) is 7.94. The Bertz CT molecular complexity index is 1110. The number of anilines is 3. The molecule has 2 aliphatic rings. The van der Waals surface area contributed by atoms with Crippen molar-refractivity contribution in [3.8, 4) is 0 Å². The molecule has 0 atom stereocenters. The minimum Gasteiger partial charge on any atom is -0.453 e. The van der Waals surface area contributed by atoms with Crippen LogP contribution in [0.1, 0.15) is 30.9 Å². The Morgan fingerprint density at radius 1 is 1.19 bits per heavy atom. The molecule has 1 saturated carbocycles. The maximum atomic E-state index is 11.9. The summed E-state index contributed by atoms with van der Waals surface area (Å²) in [4.78, 5) is 25.3. The van der Waals surface area contributed by atoms with Gasteiger partial charge in [0.2, 0.25) is 5.95 Å². The Balaban J connectivity index is 1.46. The Kier molecular flexibility index (Phi) is 5.27. The van der Waals surface area contributed by atoms with Crippen molar-refractivity contribution in [2.45, 2.75) is 25.2 Å². The molecule has 9 nitrogen and oxygen atoms in total. The molecule has 2 fully saturated rings. The number of H-pyrrole nitrogens is 1. The van der Waals surface area contributed by atoms with Gasteiger partial charge in [-0.15, -0.1) is 0 Å². The van der Waals surface area contributed by atoms with Crippen molar-refractivity contribution >= 4 is 46.2 Å². The van der Waals surface area contributed by atoms with Crippen molar-refractivity contribution in [1.29, 1.82) is 0 Å². The van der Waals surface area contributed by atoms with E-state index in [0.29, 0.717) is 42.3 Å². The molecule has 0 spiro atoms. The third-order valence-corrected chi connectivity index (χ3v) is 5.95. The van der Waals surface area contributed by atoms with E-state index in [4.69, 9.17) is 26.3 Å². The van der Waals surface area contributed by atoms with Crippen molar-refractivity contribution in [3.63, 3.8) is 0 Å². The molecule has 162 valence electrons. The first-order valence-electron chi connectivity index (χ1n) is 10.5. The molecule has 3 heterocycles. The van der Waals surface area contributed by atoms with Crippen LogP contribution in [-0.2, 0) is 4.74 Å². The van der Waals surface area contributed by atoms with E-state index in [0.717, 1.165) is 35.4 Å². The third-order valence-electron chi connectivity index (χ3n) is 5.72. The molecule has 1 amide bonds. The van der Waals surface area contributed by atoms with E-state index in [2.05, 4.69) is 20.4 Å². The topological polar surface area (TPSA) is 99.3 Å². The van der Waals surface area contributed by atoms with Crippen molar-refractivity contribution in [2.75, 3.05) is 43.5 Å². The third kappa shape index (κ3) is 4.23. The van der Waals surface area contributed by atoms with E-state index < -0.39 is 0 Å². The maximum Gasteiger partial charge on any atom is 0.409 e. The van der Waals surface area contributed by atoms with E-state index in [1.807, 2.05) is 24.3 Å². The van der Waals surface area contributed by atoms with Gasteiger partial charge in [-0.1, -0.05) is 11.6 Å². The van der Waals surface area contributed by atoms with Gasteiger partial charge in [0, 0.05) is 54.3 Å². The summed E-state index contributed by atoms with van der Waals surface area (Å²) in [5, 5.41) is 12.3. The summed E-state index contributed by atoms with van der Waals surface area (Å²) in [7, 11) is 1.41. The zero-order valence-electron chi connectivity index (χ0n) is 17.3. The summed E-state index contributed by atoms with van der Waals surface area (Å²) in [6.07, 6.45) is 2.91. The molecule has 5 rings (SSSR count). The molecule has 3 aromatic rings. The van der Waals surface area contributed by atoms with Gasteiger partial charge < -0.3 is 19.9 Å². The van der Waals surface area contributed by atoms with Crippen molar-refractivity contribution < 1.29 is 9.53 Å². The van der Waals surface area contributed by atoms with Crippen molar-refractivity contribution in [1.82, 2.24) is 25.1 Å². The van der Waals surface area contributed by atoms with Gasteiger partial charge >= 0.3 is 6.09 Å². The molecule has 10 heteroatoms. The van der Waals surface area contributed by atoms with Crippen molar-refractivity contribution in [2.24, 2.45) is 0 Å². The highest BCUT2D eigenvalue weighted by molar-refractivity contribution is 6.31. The fraction of sp³-hybridized carbons (Fsp3) is 0.429. The first-order chi connectivity index (χ1) is 15.1. The molecule has 1 saturated heterocycles. The maximum absolute atomic E-state index is 11.9. The number of nitrogens with zero attached hydrogens (tertiary/aromatic N) is 5.